The van der Waals surface area contributed by atoms with Gasteiger partial charge in [0, 0.05) is 10.9 Å². The first kappa shape index (κ1) is 13.0. The van der Waals surface area contributed by atoms with Gasteiger partial charge in [-0.25, -0.2) is 4.39 Å². The van der Waals surface area contributed by atoms with Gasteiger partial charge < -0.3 is 0 Å². The molecule has 0 radical (unpaired) electrons. The third-order valence-electron chi connectivity index (χ3n) is 2.68. The third kappa shape index (κ3) is 3.05. The molecule has 92 valence electrons. The zero-order chi connectivity index (χ0) is 13.1. The lowest BCUT2D eigenvalue weighted by Gasteiger charge is -2.04. The number of aryl methyl sites for hydroxylation is 1. The van der Waals surface area contributed by atoms with E-state index in [0.29, 0.717) is 4.47 Å². The van der Waals surface area contributed by atoms with Gasteiger partial charge in [0.05, 0.1) is 5.56 Å². The van der Waals surface area contributed by atoms with E-state index >= 15 is 0 Å². The molecule has 2 aromatic rings. The van der Waals surface area contributed by atoms with E-state index in [2.05, 4.69) is 15.9 Å². The van der Waals surface area contributed by atoms with Crippen LogP contribution in [0.2, 0.25) is 0 Å². The minimum atomic E-state index is -0.476. The lowest BCUT2D eigenvalue weighted by Crippen LogP contribution is -2.06. The second kappa shape index (κ2) is 5.44. The molecule has 0 fully saturated rings. The highest BCUT2D eigenvalue weighted by Crippen LogP contribution is 2.18. The third-order valence-corrected chi connectivity index (χ3v) is 3.17. The highest BCUT2D eigenvalue weighted by Gasteiger charge is 2.12. The van der Waals surface area contributed by atoms with Crippen molar-refractivity contribution in [1.82, 2.24) is 0 Å². The van der Waals surface area contributed by atoms with Crippen LogP contribution >= 0.6 is 15.9 Å². The number of carbonyl (C=O) groups is 1. The van der Waals surface area contributed by atoms with Crippen molar-refractivity contribution < 1.29 is 9.18 Å². The van der Waals surface area contributed by atoms with Crippen molar-refractivity contribution in [3.05, 3.63) is 69.4 Å². The molecule has 18 heavy (non-hydrogen) atoms. The van der Waals surface area contributed by atoms with E-state index in [-0.39, 0.29) is 17.8 Å². The summed E-state index contributed by atoms with van der Waals surface area (Å²) in [5, 5.41) is 0. The second-order valence-electron chi connectivity index (χ2n) is 4.21. The molecule has 3 heteroatoms. The fourth-order valence-electron chi connectivity index (χ4n) is 1.81. The number of benzene rings is 2. The average Bonchev–Trinajstić information content (AvgIpc) is 2.32. The Morgan fingerprint density at radius 1 is 1.22 bits per heavy atom. The summed E-state index contributed by atoms with van der Waals surface area (Å²) in [5.41, 5.74) is 2.13. The van der Waals surface area contributed by atoms with Crippen LogP contribution in [-0.4, -0.2) is 5.78 Å². The van der Waals surface area contributed by atoms with E-state index in [0.717, 1.165) is 11.1 Å². The van der Waals surface area contributed by atoms with Gasteiger partial charge in [-0.2, -0.15) is 0 Å². The van der Waals surface area contributed by atoms with Crippen LogP contribution in [0.3, 0.4) is 0 Å². The fraction of sp³-hybridized carbons (Fsp3) is 0.133. The van der Waals surface area contributed by atoms with E-state index in [9.17, 15) is 9.18 Å². The quantitative estimate of drug-likeness (QED) is 0.772. The highest BCUT2D eigenvalue weighted by molar-refractivity contribution is 9.10. The van der Waals surface area contributed by atoms with Crippen LogP contribution < -0.4 is 0 Å². The largest absolute Gasteiger partial charge is 0.294 e. The molecule has 0 aromatic heterocycles. The summed E-state index contributed by atoms with van der Waals surface area (Å²) in [6.45, 7) is 1.97. The predicted molar refractivity (Wildman–Crippen MR) is 73.3 cm³/mol. The van der Waals surface area contributed by atoms with E-state index in [1.165, 1.54) is 12.1 Å². The Kier molecular flexibility index (Phi) is 3.92. The molecule has 0 spiro atoms. The Balaban J connectivity index is 2.24. The van der Waals surface area contributed by atoms with Crippen LogP contribution in [-0.2, 0) is 6.42 Å². The molecule has 0 heterocycles. The molecule has 2 rings (SSSR count). The van der Waals surface area contributed by atoms with Gasteiger partial charge in [-0.05, 0) is 30.7 Å². The molecule has 0 amide bonds. The van der Waals surface area contributed by atoms with Crippen molar-refractivity contribution in [2.75, 3.05) is 0 Å². The van der Waals surface area contributed by atoms with Crippen LogP contribution in [0.15, 0.2) is 46.9 Å². The standard InChI is InChI=1S/C15H12BrFO/c1-10-3-2-4-11(7-10)8-15(18)13-9-12(16)5-6-14(13)17/h2-7,9H,8H2,1H3. The van der Waals surface area contributed by atoms with Crippen LogP contribution in [0.4, 0.5) is 4.39 Å². The molecule has 0 atom stereocenters. The first-order valence-electron chi connectivity index (χ1n) is 5.60. The van der Waals surface area contributed by atoms with Gasteiger partial charge in [-0.1, -0.05) is 45.8 Å². The normalized spacial score (nSPS) is 10.4. The minimum Gasteiger partial charge on any atom is -0.294 e. The molecule has 2 aromatic carbocycles. The molecule has 0 saturated carbocycles. The second-order valence-corrected chi connectivity index (χ2v) is 5.13. The molecule has 0 N–H and O–H groups in total. The van der Waals surface area contributed by atoms with Crippen LogP contribution in [0.25, 0.3) is 0 Å². The molecule has 1 nitrogen and oxygen atoms in total. The molecule has 0 bridgehead atoms. The van der Waals surface area contributed by atoms with E-state index in [1.54, 1.807) is 6.07 Å². The first-order valence-corrected chi connectivity index (χ1v) is 6.39. The van der Waals surface area contributed by atoms with Crippen LogP contribution in [0.5, 0.6) is 0 Å². The number of rotatable bonds is 3. The minimum absolute atomic E-state index is 0.130. The predicted octanol–water partition coefficient (Wildman–Crippen LogP) is 4.32. The molecular formula is C15H12BrFO. The topological polar surface area (TPSA) is 17.1 Å². The van der Waals surface area contributed by atoms with Crippen molar-refractivity contribution in [3.8, 4) is 0 Å². The lowest BCUT2D eigenvalue weighted by atomic mass is 10.0. The van der Waals surface area contributed by atoms with Gasteiger partial charge in [-0.15, -0.1) is 0 Å². The van der Waals surface area contributed by atoms with Gasteiger partial charge in [0.1, 0.15) is 5.82 Å². The van der Waals surface area contributed by atoms with E-state index in [1.807, 2.05) is 31.2 Å². The van der Waals surface area contributed by atoms with Crippen molar-refractivity contribution >= 4 is 21.7 Å². The van der Waals surface area contributed by atoms with E-state index in [4.69, 9.17) is 0 Å². The first-order chi connectivity index (χ1) is 8.56. The Morgan fingerprint density at radius 2 is 2.00 bits per heavy atom. The van der Waals surface area contributed by atoms with Crippen molar-refractivity contribution in [2.45, 2.75) is 13.3 Å². The summed E-state index contributed by atoms with van der Waals surface area (Å²) >= 11 is 3.24. The van der Waals surface area contributed by atoms with Crippen molar-refractivity contribution in [1.29, 1.82) is 0 Å². The fourth-order valence-corrected chi connectivity index (χ4v) is 2.17. The molecule has 0 aliphatic rings. The van der Waals surface area contributed by atoms with Gasteiger partial charge in [0.15, 0.2) is 5.78 Å². The number of ketones is 1. The molecule has 0 saturated heterocycles. The van der Waals surface area contributed by atoms with Gasteiger partial charge >= 0.3 is 0 Å². The maximum Gasteiger partial charge on any atom is 0.170 e. The summed E-state index contributed by atoms with van der Waals surface area (Å²) in [6.07, 6.45) is 0.217. The van der Waals surface area contributed by atoms with Crippen molar-refractivity contribution in [3.63, 3.8) is 0 Å². The zero-order valence-electron chi connectivity index (χ0n) is 9.91. The van der Waals surface area contributed by atoms with Crippen LogP contribution in [0, 0.1) is 12.7 Å². The number of carbonyl (C=O) groups excluding carboxylic acids is 1. The Labute approximate surface area is 114 Å². The Hall–Kier alpha value is -1.48. The smallest absolute Gasteiger partial charge is 0.170 e. The van der Waals surface area contributed by atoms with Crippen LogP contribution in [0.1, 0.15) is 21.5 Å². The molecule has 0 aliphatic carbocycles. The van der Waals surface area contributed by atoms with Gasteiger partial charge in [0.25, 0.3) is 0 Å². The summed E-state index contributed by atoms with van der Waals surface area (Å²) in [7, 11) is 0. The van der Waals surface area contributed by atoms with E-state index < -0.39 is 5.82 Å². The Bertz CT molecular complexity index is 593. The monoisotopic (exact) mass is 306 g/mol. The summed E-state index contributed by atoms with van der Waals surface area (Å²) in [5.74, 6) is -0.685. The number of hydrogen-bond donors (Lipinski definition) is 0. The summed E-state index contributed by atoms with van der Waals surface area (Å²) in [4.78, 5) is 12.0. The lowest BCUT2D eigenvalue weighted by molar-refractivity contribution is 0.0989. The van der Waals surface area contributed by atoms with Gasteiger partial charge in [-0.3, -0.25) is 4.79 Å². The molecule has 0 aliphatic heterocycles. The number of Topliss-reactive ketones (excluding diaryl/α,β-unsaturated/α-hetero) is 1. The average molecular weight is 307 g/mol. The highest BCUT2D eigenvalue weighted by atomic mass is 79.9. The molecule has 0 unspecified atom stereocenters. The number of halogens is 2. The maximum absolute atomic E-state index is 13.6. The maximum atomic E-state index is 13.6. The Morgan fingerprint density at radius 3 is 2.72 bits per heavy atom. The summed E-state index contributed by atoms with van der Waals surface area (Å²) in [6, 6.07) is 12.1. The molecular weight excluding hydrogens is 295 g/mol. The SMILES string of the molecule is Cc1cccc(CC(=O)c2cc(Br)ccc2F)c1. The van der Waals surface area contributed by atoms with Crippen molar-refractivity contribution in [2.24, 2.45) is 0 Å². The van der Waals surface area contributed by atoms with Gasteiger partial charge in [0.2, 0.25) is 0 Å². The number of hydrogen-bond acceptors (Lipinski definition) is 1. The zero-order valence-corrected chi connectivity index (χ0v) is 11.5. The summed E-state index contributed by atoms with van der Waals surface area (Å²) < 4.78 is 14.3.